The van der Waals surface area contributed by atoms with E-state index >= 15 is 0 Å². The number of likely N-dealkylation sites (tertiary alicyclic amines) is 1. The van der Waals surface area contributed by atoms with Gasteiger partial charge >= 0.3 is 0 Å². The molecule has 3 heterocycles. The minimum Gasteiger partial charge on any atom is -0.382 e. The number of amides is 1. The Bertz CT molecular complexity index is 776. The van der Waals surface area contributed by atoms with Crippen molar-refractivity contribution in [1.29, 1.82) is 0 Å². The van der Waals surface area contributed by atoms with Gasteiger partial charge in [0.25, 0.3) is 5.91 Å². The number of piperidine rings is 1. The van der Waals surface area contributed by atoms with E-state index in [1.807, 2.05) is 26.1 Å². The molecule has 2 aliphatic rings. The van der Waals surface area contributed by atoms with Gasteiger partial charge in [-0.15, -0.1) is 5.10 Å². The summed E-state index contributed by atoms with van der Waals surface area (Å²) in [6.07, 6.45) is 7.26. The number of nitrogens with zero attached hydrogens (tertiary/aromatic N) is 4. The number of nitrogens with one attached hydrogen (secondary N) is 1. The Morgan fingerprint density at radius 1 is 1.44 bits per heavy atom. The smallest absolute Gasteiger partial charge is 0.255 e. The van der Waals surface area contributed by atoms with E-state index in [0.717, 1.165) is 30.5 Å². The SMILES string of the molecule is CC(C)n1cc([C@]2(O)CCCN(C(=O)c3cc[nH]c3C3CC3)C2)nn1. The van der Waals surface area contributed by atoms with Gasteiger partial charge in [-0.3, -0.25) is 4.79 Å². The second-order valence-corrected chi connectivity index (χ2v) is 7.62. The Morgan fingerprint density at radius 2 is 2.24 bits per heavy atom. The van der Waals surface area contributed by atoms with E-state index < -0.39 is 5.60 Å². The summed E-state index contributed by atoms with van der Waals surface area (Å²) in [4.78, 5) is 18.0. The minimum atomic E-state index is -1.13. The van der Waals surface area contributed by atoms with Gasteiger partial charge in [-0.25, -0.2) is 4.68 Å². The van der Waals surface area contributed by atoms with Crippen molar-refractivity contribution in [2.45, 2.75) is 57.1 Å². The largest absolute Gasteiger partial charge is 0.382 e. The number of aromatic nitrogens is 4. The van der Waals surface area contributed by atoms with Crippen LogP contribution < -0.4 is 0 Å². The van der Waals surface area contributed by atoms with Gasteiger partial charge in [0.1, 0.15) is 11.3 Å². The molecule has 1 saturated carbocycles. The Morgan fingerprint density at radius 3 is 2.92 bits per heavy atom. The lowest BCUT2D eigenvalue weighted by Gasteiger charge is -2.38. The van der Waals surface area contributed by atoms with Gasteiger partial charge in [-0.05, 0) is 51.5 Å². The second-order valence-electron chi connectivity index (χ2n) is 7.62. The fraction of sp³-hybridized carbons (Fsp3) is 0.611. The van der Waals surface area contributed by atoms with Crippen LogP contribution in [-0.4, -0.2) is 49.0 Å². The third kappa shape index (κ3) is 2.97. The van der Waals surface area contributed by atoms with Crippen molar-refractivity contribution in [2.24, 2.45) is 0 Å². The minimum absolute atomic E-state index is 0.00229. The van der Waals surface area contributed by atoms with Gasteiger partial charge in [0.2, 0.25) is 0 Å². The predicted molar refractivity (Wildman–Crippen MR) is 92.2 cm³/mol. The van der Waals surface area contributed by atoms with E-state index in [1.54, 1.807) is 15.8 Å². The molecule has 1 aliphatic heterocycles. The highest BCUT2D eigenvalue weighted by atomic mass is 16.3. The summed E-state index contributed by atoms with van der Waals surface area (Å²) in [5.74, 6) is 0.487. The van der Waals surface area contributed by atoms with Crippen molar-refractivity contribution >= 4 is 5.91 Å². The van der Waals surface area contributed by atoms with Crippen LogP contribution in [0.5, 0.6) is 0 Å². The highest BCUT2D eigenvalue weighted by molar-refractivity contribution is 5.95. The molecule has 1 amide bonds. The maximum Gasteiger partial charge on any atom is 0.255 e. The van der Waals surface area contributed by atoms with Crippen molar-refractivity contribution in [3.63, 3.8) is 0 Å². The molecule has 134 valence electrons. The van der Waals surface area contributed by atoms with Crippen molar-refractivity contribution in [3.8, 4) is 0 Å². The average molecular weight is 343 g/mol. The molecule has 7 nitrogen and oxygen atoms in total. The van der Waals surface area contributed by atoms with Gasteiger partial charge in [-0.2, -0.15) is 0 Å². The number of H-pyrrole nitrogens is 1. The lowest BCUT2D eigenvalue weighted by Crippen LogP contribution is -2.48. The summed E-state index contributed by atoms with van der Waals surface area (Å²) < 4.78 is 1.74. The first kappa shape index (κ1) is 16.3. The van der Waals surface area contributed by atoms with Crippen LogP contribution >= 0.6 is 0 Å². The lowest BCUT2D eigenvalue weighted by atomic mass is 9.89. The number of hydrogen-bond acceptors (Lipinski definition) is 4. The molecule has 1 saturated heterocycles. The van der Waals surface area contributed by atoms with Gasteiger partial charge in [-0.1, -0.05) is 5.21 Å². The first-order valence-electron chi connectivity index (χ1n) is 9.09. The normalized spacial score (nSPS) is 24.1. The number of β-amino-alcohol motifs (C(OH)–C–C–N with tert-alkyl or cyclic N) is 1. The summed E-state index contributed by atoms with van der Waals surface area (Å²) in [6.45, 7) is 4.96. The second kappa shape index (κ2) is 5.98. The highest BCUT2D eigenvalue weighted by Crippen LogP contribution is 2.41. The van der Waals surface area contributed by atoms with E-state index in [2.05, 4.69) is 15.3 Å². The first-order valence-corrected chi connectivity index (χ1v) is 9.09. The molecule has 7 heteroatoms. The van der Waals surface area contributed by atoms with Crippen LogP contribution in [0.15, 0.2) is 18.5 Å². The van der Waals surface area contributed by atoms with Gasteiger partial charge in [0.05, 0.1) is 18.3 Å². The molecule has 4 rings (SSSR count). The standard InChI is InChI=1S/C18H25N5O2/c1-12(2)23-10-15(20-21-23)18(25)7-3-9-22(11-18)17(24)14-6-8-19-16(14)13-4-5-13/h6,8,10,12-13,19,25H,3-5,7,9,11H2,1-2H3/t18-/m0/s1. The van der Waals surface area contributed by atoms with E-state index in [-0.39, 0.29) is 18.5 Å². The predicted octanol–water partition coefficient (Wildman–Crippen LogP) is 2.19. The number of rotatable bonds is 4. The fourth-order valence-electron chi connectivity index (χ4n) is 3.61. The van der Waals surface area contributed by atoms with Crippen LogP contribution in [0.3, 0.4) is 0 Å². The number of aromatic amines is 1. The molecule has 0 aromatic carbocycles. The zero-order valence-corrected chi connectivity index (χ0v) is 14.8. The average Bonchev–Trinajstić information content (AvgIpc) is 3.12. The van der Waals surface area contributed by atoms with Crippen molar-refractivity contribution < 1.29 is 9.90 Å². The zero-order valence-electron chi connectivity index (χ0n) is 14.8. The van der Waals surface area contributed by atoms with E-state index in [1.165, 1.54) is 0 Å². The number of hydrogen-bond donors (Lipinski definition) is 2. The van der Waals surface area contributed by atoms with Crippen molar-refractivity contribution in [1.82, 2.24) is 24.9 Å². The summed E-state index contributed by atoms with van der Waals surface area (Å²) in [5, 5.41) is 19.4. The molecular formula is C18H25N5O2. The van der Waals surface area contributed by atoms with Gasteiger partial charge in [0, 0.05) is 24.5 Å². The summed E-state index contributed by atoms with van der Waals surface area (Å²) in [7, 11) is 0. The number of carbonyl (C=O) groups excluding carboxylic acids is 1. The molecule has 2 aromatic rings. The summed E-state index contributed by atoms with van der Waals surface area (Å²) >= 11 is 0. The van der Waals surface area contributed by atoms with Crippen LogP contribution in [-0.2, 0) is 5.60 Å². The molecule has 1 aliphatic carbocycles. The number of carbonyl (C=O) groups is 1. The molecular weight excluding hydrogens is 318 g/mol. The van der Waals surface area contributed by atoms with Crippen LogP contribution in [0.2, 0.25) is 0 Å². The Kier molecular flexibility index (Phi) is 3.91. The molecule has 1 atom stereocenters. The topological polar surface area (TPSA) is 87.0 Å². The van der Waals surface area contributed by atoms with Crippen LogP contribution in [0.25, 0.3) is 0 Å². The Labute approximate surface area is 147 Å². The molecule has 2 fully saturated rings. The third-order valence-corrected chi connectivity index (χ3v) is 5.27. The van der Waals surface area contributed by atoms with E-state index in [4.69, 9.17) is 0 Å². The molecule has 25 heavy (non-hydrogen) atoms. The fourth-order valence-corrected chi connectivity index (χ4v) is 3.61. The zero-order chi connectivity index (χ0) is 17.6. The van der Waals surface area contributed by atoms with Crippen LogP contribution in [0.4, 0.5) is 0 Å². The van der Waals surface area contributed by atoms with E-state index in [0.29, 0.717) is 24.6 Å². The molecule has 0 radical (unpaired) electrons. The molecule has 2 aromatic heterocycles. The quantitative estimate of drug-likeness (QED) is 0.891. The highest BCUT2D eigenvalue weighted by Gasteiger charge is 2.40. The van der Waals surface area contributed by atoms with Crippen molar-refractivity contribution in [3.05, 3.63) is 35.4 Å². The Balaban J connectivity index is 1.55. The van der Waals surface area contributed by atoms with Crippen molar-refractivity contribution in [2.75, 3.05) is 13.1 Å². The molecule has 0 bridgehead atoms. The van der Waals surface area contributed by atoms with Gasteiger partial charge < -0.3 is 15.0 Å². The summed E-state index contributed by atoms with van der Waals surface area (Å²) in [5.41, 5.74) is 1.22. The lowest BCUT2D eigenvalue weighted by molar-refractivity contribution is -0.0321. The van der Waals surface area contributed by atoms with Crippen LogP contribution in [0, 0.1) is 0 Å². The van der Waals surface area contributed by atoms with E-state index in [9.17, 15) is 9.90 Å². The number of aliphatic hydroxyl groups is 1. The van der Waals surface area contributed by atoms with Crippen LogP contribution in [0.1, 0.15) is 73.2 Å². The molecule has 2 N–H and O–H groups in total. The maximum atomic E-state index is 13.0. The summed E-state index contributed by atoms with van der Waals surface area (Å²) in [6, 6.07) is 2.05. The molecule has 0 unspecified atom stereocenters. The molecule has 0 spiro atoms. The Hall–Kier alpha value is -2.15. The first-order chi connectivity index (χ1) is 12.0. The monoisotopic (exact) mass is 343 g/mol. The van der Waals surface area contributed by atoms with Gasteiger partial charge in [0.15, 0.2) is 0 Å². The maximum absolute atomic E-state index is 13.0. The third-order valence-electron chi connectivity index (χ3n) is 5.27.